The molecule has 0 saturated heterocycles. The lowest BCUT2D eigenvalue weighted by Gasteiger charge is -2.23. The maximum atomic E-state index is 5.76. The molecular formula is C18H22N6O. The summed E-state index contributed by atoms with van der Waals surface area (Å²) < 4.78 is 7.86. The fourth-order valence-corrected chi connectivity index (χ4v) is 3.29. The van der Waals surface area contributed by atoms with Gasteiger partial charge in [-0.2, -0.15) is 5.10 Å². The van der Waals surface area contributed by atoms with Gasteiger partial charge in [0.05, 0.1) is 12.2 Å². The van der Waals surface area contributed by atoms with Crippen molar-refractivity contribution in [3.05, 3.63) is 60.1 Å². The van der Waals surface area contributed by atoms with Crippen LogP contribution in [0.3, 0.4) is 0 Å². The third kappa shape index (κ3) is 3.88. The van der Waals surface area contributed by atoms with Gasteiger partial charge in [-0.1, -0.05) is 0 Å². The lowest BCUT2D eigenvalue weighted by molar-refractivity contribution is 0.208. The predicted molar refractivity (Wildman–Crippen MR) is 93.8 cm³/mol. The average Bonchev–Trinajstić information content (AvgIpc) is 3.19. The molecule has 0 saturated carbocycles. The van der Waals surface area contributed by atoms with Crippen molar-refractivity contribution in [3.63, 3.8) is 0 Å². The minimum atomic E-state index is 0.404. The fraction of sp³-hybridized carbons (Fsp3) is 0.389. The molecule has 0 aliphatic carbocycles. The third-order valence-electron chi connectivity index (χ3n) is 4.43. The van der Waals surface area contributed by atoms with E-state index in [1.807, 2.05) is 25.3 Å². The van der Waals surface area contributed by atoms with Crippen molar-refractivity contribution in [2.75, 3.05) is 18.4 Å². The van der Waals surface area contributed by atoms with Gasteiger partial charge in [0.15, 0.2) is 0 Å². The lowest BCUT2D eigenvalue weighted by atomic mass is 10.1. The Morgan fingerprint density at radius 2 is 2.04 bits per heavy atom. The van der Waals surface area contributed by atoms with Gasteiger partial charge >= 0.3 is 0 Å². The molecule has 3 aromatic rings. The van der Waals surface area contributed by atoms with Gasteiger partial charge in [0.2, 0.25) is 5.95 Å². The van der Waals surface area contributed by atoms with Gasteiger partial charge in [-0.25, -0.2) is 9.97 Å². The van der Waals surface area contributed by atoms with E-state index in [-0.39, 0.29) is 0 Å². The number of fused-ring (bicyclic) bond motifs is 1. The molecular weight excluding hydrogens is 316 g/mol. The van der Waals surface area contributed by atoms with E-state index >= 15 is 0 Å². The molecule has 0 amide bonds. The second-order valence-electron chi connectivity index (χ2n) is 6.51. The summed E-state index contributed by atoms with van der Waals surface area (Å²) in [6, 6.07) is 7.99. The summed E-state index contributed by atoms with van der Waals surface area (Å²) >= 11 is 0. The molecule has 0 unspecified atom stereocenters. The number of hydrogen-bond donors (Lipinski definition) is 1. The first-order valence-electron chi connectivity index (χ1n) is 8.55. The van der Waals surface area contributed by atoms with Crippen LogP contribution < -0.4 is 5.32 Å². The molecule has 1 N–H and O–H groups in total. The number of nitrogens with one attached hydrogen (secondary N) is 1. The first kappa shape index (κ1) is 15.8. The molecule has 7 nitrogen and oxygen atoms in total. The summed E-state index contributed by atoms with van der Waals surface area (Å²) in [6.45, 7) is 6.30. The van der Waals surface area contributed by atoms with Gasteiger partial charge in [0, 0.05) is 50.7 Å². The zero-order valence-corrected chi connectivity index (χ0v) is 14.3. The van der Waals surface area contributed by atoms with Crippen LogP contribution in [-0.2, 0) is 19.6 Å². The normalized spacial score (nSPS) is 17.9. The smallest absolute Gasteiger partial charge is 0.222 e. The minimum absolute atomic E-state index is 0.404. The molecule has 0 spiro atoms. The number of hydrogen-bond acceptors (Lipinski definition) is 6. The second-order valence-corrected chi connectivity index (χ2v) is 6.51. The predicted octanol–water partition coefficient (Wildman–Crippen LogP) is 2.32. The second kappa shape index (κ2) is 7.06. The van der Waals surface area contributed by atoms with Gasteiger partial charge in [0.1, 0.15) is 11.5 Å². The number of furan rings is 1. The molecule has 0 fully saturated rings. The van der Waals surface area contributed by atoms with Crippen LogP contribution in [0.4, 0.5) is 5.95 Å². The Bertz CT molecular complexity index is 812. The molecule has 130 valence electrons. The van der Waals surface area contributed by atoms with Crippen LogP contribution in [-0.4, -0.2) is 37.7 Å². The Kier molecular flexibility index (Phi) is 4.47. The average molecular weight is 338 g/mol. The highest BCUT2D eigenvalue weighted by Crippen LogP contribution is 2.19. The Morgan fingerprint density at radius 3 is 2.84 bits per heavy atom. The summed E-state index contributed by atoms with van der Waals surface area (Å²) in [6.07, 6.45) is 5.37. The van der Waals surface area contributed by atoms with Crippen molar-refractivity contribution in [2.24, 2.45) is 5.92 Å². The molecule has 0 aromatic carbocycles. The van der Waals surface area contributed by atoms with Crippen LogP contribution in [0.5, 0.6) is 0 Å². The molecule has 0 radical (unpaired) electrons. The molecule has 4 heterocycles. The highest BCUT2D eigenvalue weighted by Gasteiger charge is 2.23. The molecule has 1 atom stereocenters. The molecule has 0 bridgehead atoms. The lowest BCUT2D eigenvalue weighted by Crippen LogP contribution is -2.31. The Labute approximate surface area is 146 Å². The number of aromatic nitrogens is 4. The van der Waals surface area contributed by atoms with Crippen LogP contribution in [0.25, 0.3) is 0 Å². The topological polar surface area (TPSA) is 72.0 Å². The van der Waals surface area contributed by atoms with E-state index in [0.29, 0.717) is 11.9 Å². The first-order chi connectivity index (χ1) is 12.3. The minimum Gasteiger partial charge on any atom is -0.465 e. The van der Waals surface area contributed by atoms with E-state index in [1.165, 1.54) is 5.69 Å². The van der Waals surface area contributed by atoms with Crippen LogP contribution in [0.15, 0.2) is 47.3 Å². The monoisotopic (exact) mass is 338 g/mol. The van der Waals surface area contributed by atoms with Gasteiger partial charge < -0.3 is 9.73 Å². The third-order valence-corrected chi connectivity index (χ3v) is 4.43. The standard InChI is InChI=1S/C18H22N6O/c1-14-3-4-17(25-14)13-23-10-15(9-21-18-19-6-2-7-20-18)11-24-16(12-23)5-8-22-24/h2-8,15H,9-13H2,1H3,(H,19,20,21)/t15-/m1/s1. The van der Waals surface area contributed by atoms with Crippen LogP contribution >= 0.6 is 0 Å². The van der Waals surface area contributed by atoms with Crippen molar-refractivity contribution in [3.8, 4) is 0 Å². The number of anilines is 1. The van der Waals surface area contributed by atoms with E-state index in [0.717, 1.165) is 44.2 Å². The van der Waals surface area contributed by atoms with E-state index in [9.17, 15) is 0 Å². The SMILES string of the molecule is Cc1ccc(CN2Cc3ccnn3C[C@H](CNc3ncccn3)C2)o1. The first-order valence-corrected chi connectivity index (χ1v) is 8.55. The van der Waals surface area contributed by atoms with E-state index in [1.54, 1.807) is 12.4 Å². The van der Waals surface area contributed by atoms with Crippen molar-refractivity contribution in [1.29, 1.82) is 0 Å². The van der Waals surface area contributed by atoms with Crippen molar-refractivity contribution < 1.29 is 4.42 Å². The quantitative estimate of drug-likeness (QED) is 0.770. The highest BCUT2D eigenvalue weighted by molar-refractivity contribution is 5.22. The van der Waals surface area contributed by atoms with Crippen molar-refractivity contribution >= 4 is 5.95 Å². The van der Waals surface area contributed by atoms with E-state index in [2.05, 4.69) is 42.1 Å². The number of nitrogens with zero attached hydrogens (tertiary/aromatic N) is 5. The Balaban J connectivity index is 1.47. The van der Waals surface area contributed by atoms with Crippen molar-refractivity contribution in [1.82, 2.24) is 24.6 Å². The summed E-state index contributed by atoms with van der Waals surface area (Å²) in [4.78, 5) is 10.9. The van der Waals surface area contributed by atoms with Gasteiger partial charge in [-0.3, -0.25) is 9.58 Å². The van der Waals surface area contributed by atoms with E-state index in [4.69, 9.17) is 4.42 Å². The summed E-state index contributed by atoms with van der Waals surface area (Å²) in [5.74, 6) is 3.03. The van der Waals surface area contributed by atoms with Crippen molar-refractivity contribution in [2.45, 2.75) is 26.6 Å². The Morgan fingerprint density at radius 1 is 1.16 bits per heavy atom. The Hall–Kier alpha value is -2.67. The molecule has 1 aliphatic rings. The maximum Gasteiger partial charge on any atom is 0.222 e. The zero-order chi connectivity index (χ0) is 17.1. The largest absolute Gasteiger partial charge is 0.465 e. The summed E-state index contributed by atoms with van der Waals surface area (Å²) in [7, 11) is 0. The van der Waals surface area contributed by atoms with Crippen LogP contribution in [0.1, 0.15) is 17.2 Å². The van der Waals surface area contributed by atoms with Crippen LogP contribution in [0.2, 0.25) is 0 Å². The molecule has 4 rings (SSSR count). The van der Waals surface area contributed by atoms with E-state index < -0.39 is 0 Å². The number of rotatable bonds is 5. The summed E-state index contributed by atoms with van der Waals surface area (Å²) in [5, 5.41) is 7.82. The van der Waals surface area contributed by atoms with Gasteiger partial charge in [0.25, 0.3) is 0 Å². The molecule has 1 aliphatic heterocycles. The van der Waals surface area contributed by atoms with Gasteiger partial charge in [-0.05, 0) is 31.2 Å². The highest BCUT2D eigenvalue weighted by atomic mass is 16.3. The van der Waals surface area contributed by atoms with Gasteiger partial charge in [-0.15, -0.1) is 0 Å². The number of aryl methyl sites for hydroxylation is 1. The van der Waals surface area contributed by atoms with Crippen LogP contribution in [0, 0.1) is 12.8 Å². The fourth-order valence-electron chi connectivity index (χ4n) is 3.29. The summed E-state index contributed by atoms with van der Waals surface area (Å²) in [5.41, 5.74) is 1.24. The zero-order valence-electron chi connectivity index (χ0n) is 14.3. The maximum absolute atomic E-state index is 5.76. The molecule has 3 aromatic heterocycles. The molecule has 7 heteroatoms. The molecule has 25 heavy (non-hydrogen) atoms.